The molecular formula is C18H20N4O. The van der Waals surface area contributed by atoms with Crippen molar-refractivity contribution in [2.45, 2.75) is 31.6 Å². The highest BCUT2D eigenvalue weighted by atomic mass is 16.1. The summed E-state index contributed by atoms with van der Waals surface area (Å²) < 4.78 is 0. The van der Waals surface area contributed by atoms with Gasteiger partial charge in [0, 0.05) is 19.5 Å². The number of aromatic nitrogens is 2. The highest BCUT2D eigenvalue weighted by Gasteiger charge is 2.31. The lowest BCUT2D eigenvalue weighted by molar-refractivity contribution is 0.0964. The van der Waals surface area contributed by atoms with Crippen LogP contribution < -0.4 is 10.6 Å². The number of fused-ring (bicyclic) bond motifs is 1. The topological polar surface area (TPSA) is 72.1 Å². The van der Waals surface area contributed by atoms with Gasteiger partial charge in [0.1, 0.15) is 5.82 Å². The van der Waals surface area contributed by atoms with E-state index in [4.69, 9.17) is 10.7 Å². The summed E-state index contributed by atoms with van der Waals surface area (Å²) in [6.45, 7) is 1.93. The van der Waals surface area contributed by atoms with Crippen molar-refractivity contribution in [2.75, 3.05) is 23.7 Å². The number of nitrogens with zero attached hydrogens (tertiary/aromatic N) is 3. The first-order chi connectivity index (χ1) is 11.2. The molecule has 0 bridgehead atoms. The molecule has 0 saturated carbocycles. The van der Waals surface area contributed by atoms with Gasteiger partial charge in [0.05, 0.1) is 11.3 Å². The molecule has 1 atom stereocenters. The molecule has 1 aliphatic heterocycles. The molecule has 0 amide bonds. The average molecular weight is 308 g/mol. The van der Waals surface area contributed by atoms with Gasteiger partial charge in [-0.1, -0.05) is 30.3 Å². The molecule has 1 fully saturated rings. The van der Waals surface area contributed by atoms with Gasteiger partial charge in [0.25, 0.3) is 0 Å². The summed E-state index contributed by atoms with van der Waals surface area (Å²) in [6, 6.07) is 10.2. The zero-order valence-corrected chi connectivity index (χ0v) is 13.0. The van der Waals surface area contributed by atoms with Gasteiger partial charge in [-0.25, -0.2) is 4.98 Å². The van der Waals surface area contributed by atoms with Crippen LogP contribution in [0.15, 0.2) is 30.3 Å². The monoisotopic (exact) mass is 308 g/mol. The fourth-order valence-electron chi connectivity index (χ4n) is 3.62. The Morgan fingerprint density at radius 2 is 1.78 bits per heavy atom. The van der Waals surface area contributed by atoms with Crippen LogP contribution in [-0.4, -0.2) is 28.8 Å². The minimum Gasteiger partial charge on any atom is -0.383 e. The van der Waals surface area contributed by atoms with Crippen LogP contribution in [0.25, 0.3) is 0 Å². The molecule has 2 heterocycles. The second-order valence-corrected chi connectivity index (χ2v) is 6.36. The van der Waals surface area contributed by atoms with Crippen LogP contribution in [0.3, 0.4) is 0 Å². The Bertz CT molecular complexity index is 738. The molecule has 23 heavy (non-hydrogen) atoms. The molecule has 118 valence electrons. The van der Waals surface area contributed by atoms with E-state index in [1.807, 2.05) is 18.2 Å². The molecule has 0 spiro atoms. The second-order valence-electron chi connectivity index (χ2n) is 6.36. The van der Waals surface area contributed by atoms with Crippen LogP contribution in [0.2, 0.25) is 0 Å². The fourth-order valence-corrected chi connectivity index (χ4v) is 3.62. The highest BCUT2D eigenvalue weighted by Crippen LogP contribution is 2.34. The third kappa shape index (κ3) is 2.56. The Morgan fingerprint density at radius 3 is 2.52 bits per heavy atom. The summed E-state index contributed by atoms with van der Waals surface area (Å²) in [5, 5.41) is 0. The minimum atomic E-state index is 0.0607. The molecular weight excluding hydrogens is 288 g/mol. The Kier molecular flexibility index (Phi) is 3.48. The van der Waals surface area contributed by atoms with Crippen molar-refractivity contribution in [3.8, 4) is 0 Å². The van der Waals surface area contributed by atoms with E-state index in [2.05, 4.69) is 22.0 Å². The number of hydrogen-bond acceptors (Lipinski definition) is 5. The Balaban J connectivity index is 1.71. The van der Waals surface area contributed by atoms with E-state index in [0.717, 1.165) is 38.0 Å². The van der Waals surface area contributed by atoms with E-state index < -0.39 is 0 Å². The maximum Gasteiger partial charge on any atom is 0.227 e. The molecule has 1 aromatic heterocycles. The van der Waals surface area contributed by atoms with Gasteiger partial charge in [0.15, 0.2) is 5.78 Å². The summed E-state index contributed by atoms with van der Waals surface area (Å²) in [5.41, 5.74) is 8.62. The van der Waals surface area contributed by atoms with Gasteiger partial charge in [0.2, 0.25) is 5.95 Å². The smallest absolute Gasteiger partial charge is 0.227 e. The van der Waals surface area contributed by atoms with Gasteiger partial charge in [-0.05, 0) is 30.7 Å². The Hall–Kier alpha value is -2.43. The van der Waals surface area contributed by atoms with Crippen LogP contribution in [0.1, 0.15) is 46.8 Å². The first kappa shape index (κ1) is 14.2. The maximum absolute atomic E-state index is 12.5. The Labute approximate surface area is 135 Å². The van der Waals surface area contributed by atoms with Crippen molar-refractivity contribution in [1.29, 1.82) is 0 Å². The standard InChI is InChI=1S/C18H20N4O/c19-17-16-14(20-18(21-17)22-8-4-5-9-22)10-13(11-15(16)23)12-6-2-1-3-7-12/h1-3,6-7,13H,4-5,8-11H2,(H2,19,20,21). The van der Waals surface area contributed by atoms with E-state index in [9.17, 15) is 4.79 Å². The average Bonchev–Trinajstić information content (AvgIpc) is 3.09. The molecule has 0 radical (unpaired) electrons. The van der Waals surface area contributed by atoms with Gasteiger partial charge in [-0.15, -0.1) is 0 Å². The predicted molar refractivity (Wildman–Crippen MR) is 89.7 cm³/mol. The van der Waals surface area contributed by atoms with E-state index in [1.54, 1.807) is 0 Å². The summed E-state index contributed by atoms with van der Waals surface area (Å²) in [7, 11) is 0. The van der Waals surface area contributed by atoms with Crippen LogP contribution in [0.4, 0.5) is 11.8 Å². The number of Topliss-reactive ketones (excluding diaryl/α,β-unsaturated/α-hetero) is 1. The lowest BCUT2D eigenvalue weighted by Gasteiger charge is -2.25. The van der Waals surface area contributed by atoms with Crippen molar-refractivity contribution in [3.05, 3.63) is 47.2 Å². The quantitative estimate of drug-likeness (QED) is 0.923. The predicted octanol–water partition coefficient (Wildman–Crippen LogP) is 2.57. The van der Waals surface area contributed by atoms with E-state index in [1.165, 1.54) is 5.56 Å². The van der Waals surface area contributed by atoms with Crippen LogP contribution >= 0.6 is 0 Å². The van der Waals surface area contributed by atoms with Crippen LogP contribution in [0, 0.1) is 0 Å². The SMILES string of the molecule is Nc1nc(N2CCCC2)nc2c1C(=O)CC(c1ccccc1)C2. The van der Waals surface area contributed by atoms with Crippen molar-refractivity contribution in [2.24, 2.45) is 0 Å². The largest absolute Gasteiger partial charge is 0.383 e. The van der Waals surface area contributed by atoms with E-state index >= 15 is 0 Å². The lowest BCUT2D eigenvalue weighted by Crippen LogP contribution is -2.26. The zero-order chi connectivity index (χ0) is 15.8. The summed E-state index contributed by atoms with van der Waals surface area (Å²) in [6.07, 6.45) is 3.55. The second kappa shape index (κ2) is 5.65. The molecule has 2 aromatic rings. The van der Waals surface area contributed by atoms with Crippen molar-refractivity contribution < 1.29 is 4.79 Å². The molecule has 5 heteroatoms. The first-order valence-corrected chi connectivity index (χ1v) is 8.22. The number of benzene rings is 1. The normalized spacial score (nSPS) is 20.6. The third-order valence-electron chi connectivity index (χ3n) is 4.81. The van der Waals surface area contributed by atoms with Crippen molar-refractivity contribution in [1.82, 2.24) is 9.97 Å². The highest BCUT2D eigenvalue weighted by molar-refractivity contribution is 6.02. The number of rotatable bonds is 2. The number of carbonyl (C=O) groups excluding carboxylic acids is 1. The maximum atomic E-state index is 12.5. The van der Waals surface area contributed by atoms with Gasteiger partial charge in [-0.3, -0.25) is 4.79 Å². The van der Waals surface area contributed by atoms with Crippen molar-refractivity contribution in [3.63, 3.8) is 0 Å². The zero-order valence-electron chi connectivity index (χ0n) is 13.0. The number of ketones is 1. The summed E-state index contributed by atoms with van der Waals surface area (Å²) in [4.78, 5) is 23.8. The number of anilines is 2. The van der Waals surface area contributed by atoms with Gasteiger partial charge >= 0.3 is 0 Å². The van der Waals surface area contributed by atoms with Crippen LogP contribution in [0.5, 0.6) is 0 Å². The molecule has 4 rings (SSSR count). The minimum absolute atomic E-state index is 0.0607. The lowest BCUT2D eigenvalue weighted by atomic mass is 9.82. The number of hydrogen-bond donors (Lipinski definition) is 1. The Morgan fingerprint density at radius 1 is 1.04 bits per heavy atom. The molecule has 1 aliphatic carbocycles. The van der Waals surface area contributed by atoms with Crippen molar-refractivity contribution >= 4 is 17.5 Å². The number of nitrogens with two attached hydrogens (primary N) is 1. The third-order valence-corrected chi connectivity index (χ3v) is 4.81. The number of nitrogen functional groups attached to an aromatic ring is 1. The van der Waals surface area contributed by atoms with Gasteiger partial charge in [-0.2, -0.15) is 4.98 Å². The summed E-state index contributed by atoms with van der Waals surface area (Å²) >= 11 is 0. The fraction of sp³-hybridized carbons (Fsp3) is 0.389. The molecule has 1 saturated heterocycles. The molecule has 2 N–H and O–H groups in total. The molecule has 1 unspecified atom stereocenters. The number of carbonyl (C=O) groups is 1. The molecule has 5 nitrogen and oxygen atoms in total. The summed E-state index contributed by atoms with van der Waals surface area (Å²) in [5.74, 6) is 1.26. The van der Waals surface area contributed by atoms with Crippen LogP contribution in [-0.2, 0) is 6.42 Å². The van der Waals surface area contributed by atoms with Gasteiger partial charge < -0.3 is 10.6 Å². The molecule has 2 aliphatic rings. The molecule has 1 aromatic carbocycles. The van der Waals surface area contributed by atoms with E-state index in [-0.39, 0.29) is 11.7 Å². The first-order valence-electron chi connectivity index (χ1n) is 8.22. The van der Waals surface area contributed by atoms with E-state index in [0.29, 0.717) is 23.8 Å².